The van der Waals surface area contributed by atoms with Crippen LogP contribution in [-0.2, 0) is 0 Å². The molecule has 11 heteroatoms. The molecule has 0 aliphatic carbocycles. The number of carbonyl (C=O) groups excluding carboxylic acids is 1. The Kier molecular flexibility index (Phi) is 5.62. The van der Waals surface area contributed by atoms with Gasteiger partial charge in [0.25, 0.3) is 0 Å². The van der Waals surface area contributed by atoms with Gasteiger partial charge in [0.2, 0.25) is 5.78 Å². The molecule has 0 aliphatic rings. The Morgan fingerprint density at radius 3 is 2.59 bits per heavy atom. The Balaban J connectivity index is 2.06. The molecule has 0 radical (unpaired) electrons. The molecule has 0 bridgehead atoms. The number of carbonyl (C=O) groups is 2. The normalized spacial score (nSPS) is 11.1. The highest BCUT2D eigenvalue weighted by molar-refractivity contribution is 9.10. The lowest BCUT2D eigenvalue weighted by atomic mass is 10.0. The van der Waals surface area contributed by atoms with E-state index in [1.807, 2.05) is 0 Å². The first-order chi connectivity index (χ1) is 13.7. The van der Waals surface area contributed by atoms with Crippen LogP contribution in [0.4, 0.5) is 16.6 Å². The lowest BCUT2D eigenvalue weighted by Crippen LogP contribution is -2.03. The van der Waals surface area contributed by atoms with Gasteiger partial charge in [-0.05, 0) is 40.5 Å². The molecule has 0 saturated carbocycles. The van der Waals surface area contributed by atoms with Crippen molar-refractivity contribution >= 4 is 55.7 Å². The Labute approximate surface area is 176 Å². The van der Waals surface area contributed by atoms with Gasteiger partial charge in [-0.15, -0.1) is 21.6 Å². The number of anilines is 1. The quantitative estimate of drug-likeness (QED) is 0.310. The maximum Gasteiger partial charge on any atom is 0.339 e. The monoisotopic (exact) mass is 476 g/mol. The molecule has 2 aromatic heterocycles. The highest BCUT2D eigenvalue weighted by atomic mass is 79.9. The molecule has 148 valence electrons. The number of nitrogen functional groups attached to an aromatic ring is 1. The van der Waals surface area contributed by atoms with E-state index in [4.69, 9.17) is 5.73 Å². The van der Waals surface area contributed by atoms with Gasteiger partial charge in [-0.3, -0.25) is 4.79 Å². The molecule has 1 aromatic carbocycles. The number of nitrogens with zero attached hydrogens (tertiary/aromatic N) is 3. The molecule has 9 nitrogen and oxygen atoms in total. The number of benzene rings is 1. The summed E-state index contributed by atoms with van der Waals surface area (Å²) in [6.45, 7) is 1.50. The van der Waals surface area contributed by atoms with Gasteiger partial charge in [-0.25, -0.2) is 9.78 Å². The standard InChI is InChI=1S/C18H13BrN4O5S/c1-7-12(18(27)28)17(23-22-16-10(19)6-11(25)15(20)21-16)29-14(7)13(26)8-3-2-4-9(24)5-8/h2-6,24-25H,1H3,(H2,20,21)(H,27,28)/b23-22+. The number of phenolic OH excluding ortho intramolecular Hbond substituents is 1. The highest BCUT2D eigenvalue weighted by Crippen LogP contribution is 2.39. The van der Waals surface area contributed by atoms with Crippen LogP contribution in [0, 0.1) is 6.92 Å². The Bertz CT molecular complexity index is 1180. The fourth-order valence-corrected chi connectivity index (χ4v) is 3.93. The van der Waals surface area contributed by atoms with Gasteiger partial charge in [0.1, 0.15) is 11.3 Å². The molecule has 0 saturated heterocycles. The third-order valence-electron chi connectivity index (χ3n) is 3.86. The number of ketones is 1. The number of carboxylic acids is 1. The number of aromatic hydroxyl groups is 2. The number of aromatic nitrogens is 1. The van der Waals surface area contributed by atoms with E-state index in [1.54, 1.807) is 0 Å². The van der Waals surface area contributed by atoms with Crippen LogP contribution in [0.2, 0.25) is 0 Å². The van der Waals surface area contributed by atoms with Gasteiger partial charge in [0.05, 0.1) is 9.35 Å². The van der Waals surface area contributed by atoms with Crippen LogP contribution in [0.15, 0.2) is 45.0 Å². The zero-order chi connectivity index (χ0) is 21.3. The summed E-state index contributed by atoms with van der Waals surface area (Å²) in [4.78, 5) is 28.5. The summed E-state index contributed by atoms with van der Waals surface area (Å²) in [5.41, 5.74) is 5.83. The number of rotatable bonds is 5. The number of hydrogen-bond donors (Lipinski definition) is 4. The molecule has 29 heavy (non-hydrogen) atoms. The van der Waals surface area contributed by atoms with E-state index in [0.29, 0.717) is 4.47 Å². The lowest BCUT2D eigenvalue weighted by Gasteiger charge is -2.01. The Morgan fingerprint density at radius 2 is 1.93 bits per heavy atom. The second-order valence-corrected chi connectivity index (χ2v) is 7.67. The van der Waals surface area contributed by atoms with Crippen LogP contribution in [0.1, 0.15) is 31.2 Å². The summed E-state index contributed by atoms with van der Waals surface area (Å²) >= 11 is 4.02. The maximum atomic E-state index is 12.8. The summed E-state index contributed by atoms with van der Waals surface area (Å²) in [5, 5.41) is 36.5. The second kappa shape index (κ2) is 7.97. The van der Waals surface area contributed by atoms with Crippen molar-refractivity contribution < 1.29 is 24.9 Å². The van der Waals surface area contributed by atoms with Gasteiger partial charge in [0, 0.05) is 11.6 Å². The molecule has 5 N–H and O–H groups in total. The van der Waals surface area contributed by atoms with E-state index in [2.05, 4.69) is 31.1 Å². The number of halogens is 1. The van der Waals surface area contributed by atoms with E-state index in [-0.39, 0.29) is 49.7 Å². The predicted molar refractivity (Wildman–Crippen MR) is 110 cm³/mol. The molecule has 2 heterocycles. The minimum absolute atomic E-state index is 0.00107. The van der Waals surface area contributed by atoms with Crippen molar-refractivity contribution in [2.45, 2.75) is 6.92 Å². The Morgan fingerprint density at radius 1 is 1.21 bits per heavy atom. The third-order valence-corrected chi connectivity index (χ3v) is 5.62. The zero-order valence-electron chi connectivity index (χ0n) is 14.8. The first-order valence-corrected chi connectivity index (χ1v) is 9.57. The number of phenols is 1. The molecule has 0 unspecified atom stereocenters. The van der Waals surface area contributed by atoms with Gasteiger partial charge >= 0.3 is 5.97 Å². The number of nitrogens with two attached hydrogens (primary N) is 1. The minimum atomic E-state index is -1.26. The fraction of sp³-hybridized carbons (Fsp3) is 0.0556. The van der Waals surface area contributed by atoms with Crippen LogP contribution in [0.5, 0.6) is 11.5 Å². The first-order valence-electron chi connectivity index (χ1n) is 7.96. The van der Waals surface area contributed by atoms with Gasteiger partial charge in [-0.2, -0.15) is 0 Å². The number of pyridine rings is 1. The van der Waals surface area contributed by atoms with E-state index >= 15 is 0 Å². The average Bonchev–Trinajstić information content (AvgIpc) is 2.99. The van der Waals surface area contributed by atoms with Crippen LogP contribution in [0.3, 0.4) is 0 Å². The summed E-state index contributed by atoms with van der Waals surface area (Å²) in [6.07, 6.45) is 0. The van der Waals surface area contributed by atoms with Crippen molar-refractivity contribution in [2.24, 2.45) is 10.2 Å². The molecule has 0 aliphatic heterocycles. The predicted octanol–water partition coefficient (Wildman–Crippen LogP) is 4.55. The van der Waals surface area contributed by atoms with Crippen LogP contribution < -0.4 is 5.73 Å². The van der Waals surface area contributed by atoms with Crippen molar-refractivity contribution in [3.05, 3.63) is 56.4 Å². The minimum Gasteiger partial charge on any atom is -0.508 e. The maximum absolute atomic E-state index is 12.8. The van der Waals surface area contributed by atoms with Crippen LogP contribution in [-0.4, -0.2) is 32.1 Å². The fourth-order valence-electron chi connectivity index (χ4n) is 2.46. The van der Waals surface area contributed by atoms with Crippen molar-refractivity contribution in [3.8, 4) is 11.5 Å². The highest BCUT2D eigenvalue weighted by Gasteiger charge is 2.25. The van der Waals surface area contributed by atoms with E-state index in [1.165, 1.54) is 37.3 Å². The number of thiophene rings is 1. The second-order valence-electron chi connectivity index (χ2n) is 5.82. The average molecular weight is 477 g/mol. The summed E-state index contributed by atoms with van der Waals surface area (Å²) in [6, 6.07) is 7.04. The molecule has 0 fully saturated rings. The van der Waals surface area contributed by atoms with Gasteiger partial charge < -0.3 is 21.1 Å². The number of carboxylic acid groups (broad SMARTS) is 1. The summed E-state index contributed by atoms with van der Waals surface area (Å²) < 4.78 is 0.300. The molecule has 0 amide bonds. The number of azo groups is 1. The molecule has 0 spiro atoms. The van der Waals surface area contributed by atoms with E-state index in [0.717, 1.165) is 11.3 Å². The SMILES string of the molecule is Cc1c(C(=O)c2cccc(O)c2)sc(/N=N/c2nc(N)c(O)cc2Br)c1C(=O)O. The van der Waals surface area contributed by atoms with Crippen molar-refractivity contribution in [1.29, 1.82) is 0 Å². The van der Waals surface area contributed by atoms with Crippen molar-refractivity contribution in [1.82, 2.24) is 4.98 Å². The van der Waals surface area contributed by atoms with Gasteiger partial charge in [-0.1, -0.05) is 12.1 Å². The van der Waals surface area contributed by atoms with E-state index < -0.39 is 11.8 Å². The van der Waals surface area contributed by atoms with Gasteiger partial charge in [0.15, 0.2) is 22.4 Å². The molecular weight excluding hydrogens is 464 g/mol. The van der Waals surface area contributed by atoms with E-state index in [9.17, 15) is 24.9 Å². The first kappa shape index (κ1) is 20.4. The molecule has 0 atom stereocenters. The summed E-state index contributed by atoms with van der Waals surface area (Å²) in [5.74, 6) is -2.16. The number of hydrogen-bond acceptors (Lipinski definition) is 9. The smallest absolute Gasteiger partial charge is 0.339 e. The van der Waals surface area contributed by atoms with Crippen LogP contribution >= 0.6 is 27.3 Å². The van der Waals surface area contributed by atoms with Crippen molar-refractivity contribution in [3.63, 3.8) is 0 Å². The van der Waals surface area contributed by atoms with Crippen LogP contribution in [0.25, 0.3) is 0 Å². The topological polar surface area (TPSA) is 158 Å². The Hall–Kier alpha value is -3.31. The third kappa shape index (κ3) is 4.10. The molecular formula is C18H13BrN4O5S. The largest absolute Gasteiger partial charge is 0.508 e. The molecule has 3 rings (SSSR count). The number of aromatic carboxylic acids is 1. The van der Waals surface area contributed by atoms with Crippen molar-refractivity contribution in [2.75, 3.05) is 5.73 Å². The lowest BCUT2D eigenvalue weighted by molar-refractivity contribution is 0.0697. The zero-order valence-corrected chi connectivity index (χ0v) is 17.2. The molecule has 3 aromatic rings. The summed E-state index contributed by atoms with van der Waals surface area (Å²) in [7, 11) is 0.